The highest BCUT2D eigenvalue weighted by Gasteiger charge is 2.32. The van der Waals surface area contributed by atoms with E-state index in [0.717, 1.165) is 10.5 Å². The monoisotopic (exact) mass is 542 g/mol. The van der Waals surface area contributed by atoms with Gasteiger partial charge in [0.2, 0.25) is 0 Å². The van der Waals surface area contributed by atoms with E-state index in [0.29, 0.717) is 34.6 Å². The number of nitriles is 1. The van der Waals surface area contributed by atoms with E-state index in [9.17, 15) is 14.9 Å². The maximum Gasteiger partial charge on any atom is 0.266 e. The molecule has 0 aliphatic carbocycles. The van der Waals surface area contributed by atoms with Crippen molar-refractivity contribution in [2.24, 2.45) is 0 Å². The van der Waals surface area contributed by atoms with Gasteiger partial charge in [-0.15, -0.1) is 0 Å². The molecule has 1 heterocycles. The normalized spacial score (nSPS) is 10.5. The van der Waals surface area contributed by atoms with Gasteiger partial charge in [-0.25, -0.2) is 9.88 Å². The van der Waals surface area contributed by atoms with Gasteiger partial charge < -0.3 is 14.8 Å². The van der Waals surface area contributed by atoms with E-state index in [4.69, 9.17) is 14.5 Å². The Morgan fingerprint density at radius 1 is 0.805 bits per heavy atom. The standard InChI is InChI=1S/C33H26N4O4/c1-40-25-14-8-12-23(18-25)32(38)37(33(39)24-13-9-15-26(19-24)41-2)31-28(20-34)30(27-16-6-7-17-29(27)36-31)35-21-22-10-4-3-5-11-22/h3-19H,21H2,1-2H3,(H,35,36). The minimum absolute atomic E-state index is 0.0622. The van der Waals surface area contributed by atoms with Crippen molar-refractivity contribution in [1.82, 2.24) is 4.98 Å². The zero-order valence-electron chi connectivity index (χ0n) is 22.5. The molecule has 0 atom stereocenters. The number of para-hydroxylation sites is 1. The van der Waals surface area contributed by atoms with Crippen LogP contribution in [0.1, 0.15) is 31.8 Å². The van der Waals surface area contributed by atoms with Crippen molar-refractivity contribution in [3.05, 3.63) is 125 Å². The van der Waals surface area contributed by atoms with E-state index in [-0.39, 0.29) is 22.5 Å². The zero-order chi connectivity index (χ0) is 28.8. The second-order valence-corrected chi connectivity index (χ2v) is 9.06. The summed E-state index contributed by atoms with van der Waals surface area (Å²) in [6, 6.07) is 32.2. The molecule has 0 aliphatic heterocycles. The lowest BCUT2D eigenvalue weighted by molar-refractivity contribution is 0.0896. The lowest BCUT2D eigenvalue weighted by Crippen LogP contribution is -2.38. The van der Waals surface area contributed by atoms with E-state index < -0.39 is 11.8 Å². The van der Waals surface area contributed by atoms with Crippen molar-refractivity contribution in [2.45, 2.75) is 6.54 Å². The second kappa shape index (κ2) is 12.0. The number of amides is 2. The van der Waals surface area contributed by atoms with Gasteiger partial charge in [0.05, 0.1) is 25.4 Å². The largest absolute Gasteiger partial charge is 0.497 e. The number of fused-ring (bicyclic) bond motifs is 1. The quantitative estimate of drug-likeness (QED) is 0.232. The highest BCUT2D eigenvalue weighted by molar-refractivity contribution is 6.26. The Morgan fingerprint density at radius 2 is 1.39 bits per heavy atom. The third-order valence-electron chi connectivity index (χ3n) is 6.55. The van der Waals surface area contributed by atoms with Crippen LogP contribution in [0.25, 0.3) is 10.9 Å². The number of anilines is 2. The molecule has 0 unspecified atom stereocenters. The number of nitrogens with zero attached hydrogens (tertiary/aromatic N) is 3. The van der Waals surface area contributed by atoms with Crippen molar-refractivity contribution in [3.8, 4) is 17.6 Å². The van der Waals surface area contributed by atoms with Crippen molar-refractivity contribution >= 4 is 34.2 Å². The summed E-state index contributed by atoms with van der Waals surface area (Å²) in [5.41, 5.74) is 2.43. The number of benzene rings is 4. The first-order chi connectivity index (χ1) is 20.0. The molecular formula is C33H26N4O4. The van der Waals surface area contributed by atoms with Crippen LogP contribution < -0.4 is 19.7 Å². The number of imide groups is 1. The van der Waals surface area contributed by atoms with Crippen LogP contribution in [0.15, 0.2) is 103 Å². The minimum atomic E-state index is -0.662. The maximum absolute atomic E-state index is 14.1. The number of carbonyl (C=O) groups excluding carboxylic acids is 2. The average Bonchev–Trinajstić information content (AvgIpc) is 3.03. The summed E-state index contributed by atoms with van der Waals surface area (Å²) in [7, 11) is 2.98. The summed E-state index contributed by atoms with van der Waals surface area (Å²) >= 11 is 0. The van der Waals surface area contributed by atoms with Gasteiger partial charge in [0, 0.05) is 23.1 Å². The highest BCUT2D eigenvalue weighted by Crippen LogP contribution is 2.35. The molecule has 0 radical (unpaired) electrons. The summed E-state index contributed by atoms with van der Waals surface area (Å²) in [6.07, 6.45) is 0. The lowest BCUT2D eigenvalue weighted by Gasteiger charge is -2.24. The Morgan fingerprint density at radius 3 is 1.98 bits per heavy atom. The number of rotatable bonds is 8. The van der Waals surface area contributed by atoms with E-state index >= 15 is 0 Å². The van der Waals surface area contributed by atoms with Gasteiger partial charge in [0.1, 0.15) is 23.1 Å². The molecule has 2 amide bonds. The lowest BCUT2D eigenvalue weighted by atomic mass is 10.1. The average molecular weight is 543 g/mol. The summed E-state index contributed by atoms with van der Waals surface area (Å²) in [4.78, 5) is 33.9. The molecule has 8 heteroatoms. The molecule has 0 fully saturated rings. The Kier molecular flexibility index (Phi) is 7.88. The van der Waals surface area contributed by atoms with Gasteiger partial charge in [-0.1, -0.05) is 60.7 Å². The predicted octanol–water partition coefficient (Wildman–Crippen LogP) is 6.22. The van der Waals surface area contributed by atoms with Crippen LogP contribution in [-0.4, -0.2) is 31.0 Å². The number of hydrogen-bond acceptors (Lipinski definition) is 7. The van der Waals surface area contributed by atoms with Crippen LogP contribution in [0.4, 0.5) is 11.5 Å². The third-order valence-corrected chi connectivity index (χ3v) is 6.55. The minimum Gasteiger partial charge on any atom is -0.497 e. The van der Waals surface area contributed by atoms with Crippen LogP contribution in [0.3, 0.4) is 0 Å². The number of methoxy groups -OCH3 is 2. The molecule has 4 aromatic carbocycles. The first-order valence-electron chi connectivity index (χ1n) is 12.8. The SMILES string of the molecule is COc1cccc(C(=O)N(C(=O)c2cccc(OC)c2)c2nc3ccccc3c(NCc3ccccc3)c2C#N)c1. The smallest absolute Gasteiger partial charge is 0.266 e. The van der Waals surface area contributed by atoms with Crippen LogP contribution in [0.2, 0.25) is 0 Å². The molecule has 1 aromatic heterocycles. The van der Waals surface area contributed by atoms with Crippen molar-refractivity contribution < 1.29 is 19.1 Å². The number of aromatic nitrogens is 1. The van der Waals surface area contributed by atoms with Crippen LogP contribution in [0.5, 0.6) is 11.5 Å². The molecule has 0 saturated heterocycles. The summed E-state index contributed by atoms with van der Waals surface area (Å²) in [5, 5.41) is 14.5. The Labute approximate surface area is 237 Å². The fourth-order valence-corrected chi connectivity index (χ4v) is 4.49. The molecule has 0 saturated carbocycles. The molecule has 41 heavy (non-hydrogen) atoms. The molecule has 0 spiro atoms. The van der Waals surface area contributed by atoms with Crippen molar-refractivity contribution in [2.75, 3.05) is 24.4 Å². The van der Waals surface area contributed by atoms with E-state index in [1.54, 1.807) is 42.5 Å². The topological polar surface area (TPSA) is 105 Å². The van der Waals surface area contributed by atoms with Crippen molar-refractivity contribution in [1.29, 1.82) is 5.26 Å². The molecule has 0 aliphatic rings. The zero-order valence-corrected chi connectivity index (χ0v) is 22.5. The van der Waals surface area contributed by atoms with Gasteiger partial charge in [-0.05, 0) is 48.0 Å². The summed E-state index contributed by atoms with van der Waals surface area (Å²) in [6.45, 7) is 0.413. The second-order valence-electron chi connectivity index (χ2n) is 9.06. The molecule has 0 bridgehead atoms. The number of ether oxygens (including phenoxy) is 2. The number of pyridine rings is 1. The summed E-state index contributed by atoms with van der Waals surface area (Å²) in [5.74, 6) is -0.513. The molecule has 5 rings (SSSR count). The van der Waals surface area contributed by atoms with Gasteiger partial charge in [-0.2, -0.15) is 5.26 Å². The van der Waals surface area contributed by atoms with Crippen molar-refractivity contribution in [3.63, 3.8) is 0 Å². The number of carbonyl (C=O) groups is 2. The fraction of sp³-hybridized carbons (Fsp3) is 0.0909. The highest BCUT2D eigenvalue weighted by atomic mass is 16.5. The first kappa shape index (κ1) is 26.9. The predicted molar refractivity (Wildman–Crippen MR) is 157 cm³/mol. The van der Waals surface area contributed by atoms with E-state index in [2.05, 4.69) is 11.4 Å². The van der Waals surface area contributed by atoms with Crippen LogP contribution in [-0.2, 0) is 6.54 Å². The fourth-order valence-electron chi connectivity index (χ4n) is 4.49. The van der Waals surface area contributed by atoms with Crippen LogP contribution in [0, 0.1) is 11.3 Å². The molecule has 5 aromatic rings. The van der Waals surface area contributed by atoms with E-state index in [1.165, 1.54) is 26.4 Å². The molecule has 202 valence electrons. The summed E-state index contributed by atoms with van der Waals surface area (Å²) < 4.78 is 10.6. The molecule has 8 nitrogen and oxygen atoms in total. The molecular weight excluding hydrogens is 516 g/mol. The van der Waals surface area contributed by atoms with Gasteiger partial charge in [0.15, 0.2) is 5.82 Å². The first-order valence-corrected chi connectivity index (χ1v) is 12.8. The molecule has 1 N–H and O–H groups in total. The van der Waals surface area contributed by atoms with Gasteiger partial charge >= 0.3 is 0 Å². The Balaban J connectivity index is 1.72. The van der Waals surface area contributed by atoms with Crippen LogP contribution >= 0.6 is 0 Å². The Bertz CT molecular complexity index is 1720. The number of hydrogen-bond donors (Lipinski definition) is 1. The maximum atomic E-state index is 14.1. The third kappa shape index (κ3) is 5.56. The Hall–Kier alpha value is -5.68. The number of nitrogens with one attached hydrogen (secondary N) is 1. The van der Waals surface area contributed by atoms with Gasteiger partial charge in [0.25, 0.3) is 11.8 Å². The van der Waals surface area contributed by atoms with Gasteiger partial charge in [-0.3, -0.25) is 9.59 Å². The van der Waals surface area contributed by atoms with E-state index in [1.807, 2.05) is 48.5 Å².